The highest BCUT2D eigenvalue weighted by Gasteiger charge is 2.58. The summed E-state index contributed by atoms with van der Waals surface area (Å²) in [6, 6.07) is 13.9. The van der Waals surface area contributed by atoms with Crippen LogP contribution < -0.4 is 10.2 Å². The Morgan fingerprint density at radius 3 is 2.60 bits per heavy atom. The van der Waals surface area contributed by atoms with E-state index in [4.69, 9.17) is 0 Å². The quantitative estimate of drug-likeness (QED) is 0.872. The van der Waals surface area contributed by atoms with Gasteiger partial charge in [-0.1, -0.05) is 30.3 Å². The second-order valence-electron chi connectivity index (χ2n) is 7.19. The van der Waals surface area contributed by atoms with Gasteiger partial charge in [0.2, 0.25) is 11.8 Å². The van der Waals surface area contributed by atoms with Crippen LogP contribution in [0.1, 0.15) is 29.5 Å². The number of amides is 2. The topological polar surface area (TPSA) is 49.4 Å². The lowest BCUT2D eigenvalue weighted by atomic mass is 10.0. The second kappa shape index (κ2) is 5.73. The van der Waals surface area contributed by atoms with Gasteiger partial charge in [0.25, 0.3) is 0 Å². The van der Waals surface area contributed by atoms with Crippen molar-refractivity contribution in [1.82, 2.24) is 0 Å². The molecule has 0 saturated heterocycles. The van der Waals surface area contributed by atoms with Gasteiger partial charge in [0, 0.05) is 17.9 Å². The van der Waals surface area contributed by atoms with Crippen LogP contribution in [0.2, 0.25) is 0 Å². The van der Waals surface area contributed by atoms with Crippen molar-refractivity contribution in [3.8, 4) is 0 Å². The Morgan fingerprint density at radius 2 is 1.84 bits per heavy atom. The summed E-state index contributed by atoms with van der Waals surface area (Å²) in [4.78, 5) is 27.8. The Bertz CT molecular complexity index is 868. The van der Waals surface area contributed by atoms with Gasteiger partial charge < -0.3 is 10.2 Å². The lowest BCUT2D eigenvalue weighted by molar-refractivity contribution is -0.132. The number of para-hydroxylation sites is 1. The predicted molar refractivity (Wildman–Crippen MR) is 98.7 cm³/mol. The maximum absolute atomic E-state index is 13.1. The van der Waals surface area contributed by atoms with Crippen LogP contribution in [-0.4, -0.2) is 18.4 Å². The van der Waals surface area contributed by atoms with Crippen LogP contribution in [0.4, 0.5) is 11.4 Å². The van der Waals surface area contributed by atoms with Crippen LogP contribution in [0.3, 0.4) is 0 Å². The van der Waals surface area contributed by atoms with Gasteiger partial charge in [-0.2, -0.15) is 0 Å². The molecule has 0 unspecified atom stereocenters. The summed E-state index contributed by atoms with van der Waals surface area (Å²) in [5, 5.41) is 3.00. The molecule has 4 heteroatoms. The molecule has 4 rings (SSSR count). The van der Waals surface area contributed by atoms with Crippen LogP contribution in [-0.2, 0) is 16.0 Å². The van der Waals surface area contributed by atoms with Crippen LogP contribution in [0.15, 0.2) is 42.5 Å². The summed E-state index contributed by atoms with van der Waals surface area (Å²) in [6.07, 6.45) is 2.11. The number of hydrogen-bond acceptors (Lipinski definition) is 2. The van der Waals surface area contributed by atoms with Crippen LogP contribution in [0, 0.1) is 19.3 Å². The van der Waals surface area contributed by atoms with E-state index in [9.17, 15) is 9.59 Å². The molecule has 0 bridgehead atoms. The third-order valence-electron chi connectivity index (χ3n) is 5.37. The van der Waals surface area contributed by atoms with Gasteiger partial charge in [0.1, 0.15) is 5.41 Å². The molecule has 0 atom stereocenters. The number of anilines is 2. The lowest BCUT2D eigenvalue weighted by Gasteiger charge is -2.23. The number of hydrogen-bond donors (Lipinski definition) is 1. The van der Waals surface area contributed by atoms with Crippen molar-refractivity contribution in [1.29, 1.82) is 0 Å². The monoisotopic (exact) mass is 334 g/mol. The molecule has 1 heterocycles. The summed E-state index contributed by atoms with van der Waals surface area (Å²) in [5.74, 6) is -0.226. The van der Waals surface area contributed by atoms with E-state index in [1.54, 1.807) is 4.90 Å². The highest BCUT2D eigenvalue weighted by atomic mass is 16.2. The van der Waals surface area contributed by atoms with Crippen LogP contribution in [0.25, 0.3) is 0 Å². The first-order valence-corrected chi connectivity index (χ1v) is 8.80. The number of nitrogens with one attached hydrogen (secondary N) is 1. The minimum Gasteiger partial charge on any atom is -0.325 e. The average molecular weight is 334 g/mol. The molecule has 4 nitrogen and oxygen atoms in total. The summed E-state index contributed by atoms with van der Waals surface area (Å²) >= 11 is 0. The van der Waals surface area contributed by atoms with E-state index in [-0.39, 0.29) is 11.8 Å². The van der Waals surface area contributed by atoms with Crippen LogP contribution >= 0.6 is 0 Å². The van der Waals surface area contributed by atoms with Gasteiger partial charge in [-0.05, 0) is 61.9 Å². The lowest BCUT2D eigenvalue weighted by Crippen LogP contribution is -2.42. The molecule has 1 saturated carbocycles. The Labute approximate surface area is 147 Å². The number of fused-ring (bicyclic) bond motifs is 1. The highest BCUT2D eigenvalue weighted by molar-refractivity contribution is 6.18. The first-order chi connectivity index (χ1) is 12.0. The molecule has 1 N–H and O–H groups in total. The first-order valence-electron chi connectivity index (χ1n) is 8.80. The van der Waals surface area contributed by atoms with Crippen molar-refractivity contribution in [2.75, 3.05) is 16.8 Å². The van der Waals surface area contributed by atoms with Crippen molar-refractivity contribution < 1.29 is 9.59 Å². The predicted octanol–water partition coefficient (Wildman–Crippen LogP) is 3.61. The zero-order chi connectivity index (χ0) is 17.6. The van der Waals surface area contributed by atoms with Crippen molar-refractivity contribution in [2.45, 2.75) is 33.1 Å². The first kappa shape index (κ1) is 15.9. The van der Waals surface area contributed by atoms with Gasteiger partial charge in [-0.3, -0.25) is 9.59 Å². The molecule has 25 heavy (non-hydrogen) atoms. The number of carbonyl (C=O) groups is 2. The summed E-state index contributed by atoms with van der Waals surface area (Å²) in [6.45, 7) is 4.62. The maximum atomic E-state index is 13.1. The molecule has 1 aliphatic heterocycles. The van der Waals surface area contributed by atoms with E-state index >= 15 is 0 Å². The summed E-state index contributed by atoms with van der Waals surface area (Å²) < 4.78 is 0. The molecule has 128 valence electrons. The fraction of sp³-hybridized carbons (Fsp3) is 0.333. The van der Waals surface area contributed by atoms with E-state index in [1.165, 1.54) is 5.56 Å². The minimum absolute atomic E-state index is 0.0553. The molecule has 2 aromatic rings. The molecular weight excluding hydrogens is 312 g/mol. The van der Waals surface area contributed by atoms with Crippen LogP contribution in [0.5, 0.6) is 0 Å². The van der Waals surface area contributed by atoms with E-state index in [2.05, 4.69) is 11.4 Å². The van der Waals surface area contributed by atoms with Gasteiger partial charge in [-0.25, -0.2) is 0 Å². The number of rotatable bonds is 3. The Balaban J connectivity index is 1.57. The summed E-state index contributed by atoms with van der Waals surface area (Å²) in [7, 11) is 0. The fourth-order valence-corrected chi connectivity index (χ4v) is 3.58. The van der Waals surface area contributed by atoms with Crippen molar-refractivity contribution in [2.24, 2.45) is 5.41 Å². The van der Waals surface area contributed by atoms with Gasteiger partial charge in [0.15, 0.2) is 0 Å². The second-order valence-corrected chi connectivity index (χ2v) is 7.19. The summed E-state index contributed by atoms with van der Waals surface area (Å²) in [5.41, 5.74) is 4.14. The van der Waals surface area contributed by atoms with Crippen molar-refractivity contribution >= 4 is 23.2 Å². The molecular formula is C21H22N2O2. The van der Waals surface area contributed by atoms with E-state index in [1.807, 2.05) is 50.2 Å². The standard InChI is InChI=1S/C21H22N2O2/c1-14-7-8-15(2)17(13-14)22-19(24)21(10-11-21)20(25)23-12-9-16-5-3-4-6-18(16)23/h3-8,13H,9-12H2,1-2H3,(H,22,24). The number of nitrogens with zero attached hydrogens (tertiary/aromatic N) is 1. The highest BCUT2D eigenvalue weighted by Crippen LogP contribution is 2.49. The molecule has 0 radical (unpaired) electrons. The number of aryl methyl sites for hydroxylation is 2. The molecule has 0 aromatic heterocycles. The maximum Gasteiger partial charge on any atom is 0.242 e. The third-order valence-corrected chi connectivity index (χ3v) is 5.37. The Morgan fingerprint density at radius 1 is 1.08 bits per heavy atom. The molecule has 2 aromatic carbocycles. The normalized spacial score (nSPS) is 17.1. The Hall–Kier alpha value is -2.62. The van der Waals surface area contributed by atoms with E-state index in [0.717, 1.165) is 28.9 Å². The Kier molecular flexibility index (Phi) is 3.64. The molecule has 1 fully saturated rings. The average Bonchev–Trinajstić information content (AvgIpc) is 3.31. The van der Waals surface area contributed by atoms with E-state index < -0.39 is 5.41 Å². The molecule has 2 amide bonds. The zero-order valence-electron chi connectivity index (χ0n) is 14.6. The zero-order valence-corrected chi connectivity index (χ0v) is 14.6. The minimum atomic E-state index is -0.895. The molecule has 1 aliphatic carbocycles. The fourth-order valence-electron chi connectivity index (χ4n) is 3.58. The SMILES string of the molecule is Cc1ccc(C)c(NC(=O)C2(C(=O)N3CCc4ccccc43)CC2)c1. The van der Waals surface area contributed by atoms with Gasteiger partial charge in [-0.15, -0.1) is 0 Å². The number of carbonyl (C=O) groups excluding carboxylic acids is 2. The van der Waals surface area contributed by atoms with Gasteiger partial charge >= 0.3 is 0 Å². The van der Waals surface area contributed by atoms with E-state index in [0.29, 0.717) is 19.4 Å². The molecule has 2 aliphatic rings. The van der Waals surface area contributed by atoms with Crippen molar-refractivity contribution in [3.05, 3.63) is 59.2 Å². The molecule has 0 spiro atoms. The number of benzene rings is 2. The third kappa shape index (κ3) is 2.62. The van der Waals surface area contributed by atoms with Gasteiger partial charge in [0.05, 0.1) is 0 Å². The van der Waals surface area contributed by atoms with Crippen molar-refractivity contribution in [3.63, 3.8) is 0 Å². The largest absolute Gasteiger partial charge is 0.325 e. The smallest absolute Gasteiger partial charge is 0.242 e.